The summed E-state index contributed by atoms with van der Waals surface area (Å²) >= 11 is 1.39. The molecule has 0 spiro atoms. The van der Waals surface area contributed by atoms with E-state index in [1.165, 1.54) is 11.8 Å². The molecule has 8 nitrogen and oxygen atoms in total. The van der Waals surface area contributed by atoms with Gasteiger partial charge in [0.1, 0.15) is 28.3 Å². The molecule has 0 aliphatic rings. The van der Waals surface area contributed by atoms with E-state index in [-0.39, 0.29) is 11.2 Å². The average Bonchev–Trinajstić information content (AvgIpc) is 2.61. The zero-order valence-electron chi connectivity index (χ0n) is 15.1. The van der Waals surface area contributed by atoms with E-state index >= 15 is 0 Å². The van der Waals surface area contributed by atoms with Gasteiger partial charge in [-0.3, -0.25) is 0 Å². The van der Waals surface area contributed by atoms with Crippen LogP contribution in [0.4, 0.5) is 17.6 Å². The zero-order chi connectivity index (χ0) is 19.4. The fraction of sp³-hybridized carbons (Fsp3) is 0.222. The normalized spacial score (nSPS) is 11.6. The van der Waals surface area contributed by atoms with Crippen molar-refractivity contribution in [3.05, 3.63) is 53.2 Å². The molecule has 0 saturated heterocycles. The molecule has 2 heterocycles. The summed E-state index contributed by atoms with van der Waals surface area (Å²) in [5, 5.41) is 12.9. The number of anilines is 3. The summed E-state index contributed by atoms with van der Waals surface area (Å²) in [6.45, 7) is 5.52. The van der Waals surface area contributed by atoms with Gasteiger partial charge in [0.05, 0.1) is 10.9 Å². The fourth-order valence-corrected chi connectivity index (χ4v) is 3.45. The second-order valence-corrected chi connectivity index (χ2v) is 7.10. The van der Waals surface area contributed by atoms with Gasteiger partial charge in [0.25, 0.3) is 0 Å². The van der Waals surface area contributed by atoms with Crippen molar-refractivity contribution in [3.8, 4) is 6.07 Å². The first kappa shape index (κ1) is 18.5. The predicted molar refractivity (Wildman–Crippen MR) is 104 cm³/mol. The Balaban J connectivity index is 1.87. The molecule has 136 valence electrons. The van der Waals surface area contributed by atoms with E-state index in [2.05, 4.69) is 36.3 Å². The lowest BCUT2D eigenvalue weighted by Gasteiger charge is -2.13. The maximum Gasteiger partial charge on any atom is 0.232 e. The Labute approximate surface area is 161 Å². The van der Waals surface area contributed by atoms with Gasteiger partial charge in [-0.25, -0.2) is 9.97 Å². The second kappa shape index (κ2) is 7.97. The van der Waals surface area contributed by atoms with Gasteiger partial charge in [0, 0.05) is 5.69 Å². The molecule has 1 atom stereocenters. The molecule has 1 unspecified atom stereocenters. The predicted octanol–water partition coefficient (Wildman–Crippen LogP) is 3.33. The highest BCUT2D eigenvalue weighted by Gasteiger charge is 2.18. The van der Waals surface area contributed by atoms with Crippen LogP contribution >= 0.6 is 11.8 Å². The van der Waals surface area contributed by atoms with Crippen molar-refractivity contribution in [2.45, 2.75) is 31.0 Å². The Hall–Kier alpha value is -3.25. The third-order valence-corrected chi connectivity index (χ3v) is 4.72. The van der Waals surface area contributed by atoms with Crippen LogP contribution in [0.15, 0.2) is 35.4 Å². The van der Waals surface area contributed by atoms with E-state index < -0.39 is 0 Å². The highest BCUT2D eigenvalue weighted by atomic mass is 32.2. The third kappa shape index (κ3) is 4.48. The van der Waals surface area contributed by atoms with Gasteiger partial charge in [-0.2, -0.15) is 20.2 Å². The van der Waals surface area contributed by atoms with Crippen LogP contribution in [-0.4, -0.2) is 24.9 Å². The van der Waals surface area contributed by atoms with Crippen molar-refractivity contribution in [3.63, 3.8) is 0 Å². The molecular weight excluding hydrogens is 360 g/mol. The van der Waals surface area contributed by atoms with Crippen molar-refractivity contribution >= 4 is 29.3 Å². The first-order valence-corrected chi connectivity index (χ1v) is 9.09. The van der Waals surface area contributed by atoms with Gasteiger partial charge in [0.15, 0.2) is 0 Å². The van der Waals surface area contributed by atoms with Crippen LogP contribution in [0.25, 0.3) is 0 Å². The maximum absolute atomic E-state index is 9.41. The quantitative estimate of drug-likeness (QED) is 0.507. The van der Waals surface area contributed by atoms with Crippen LogP contribution in [0.3, 0.4) is 0 Å². The van der Waals surface area contributed by atoms with Crippen molar-refractivity contribution in [2.75, 3.05) is 11.1 Å². The number of nitrogens with two attached hydrogens (primary N) is 1. The summed E-state index contributed by atoms with van der Waals surface area (Å²) < 4.78 is 0. The van der Waals surface area contributed by atoms with E-state index in [0.29, 0.717) is 33.9 Å². The lowest BCUT2D eigenvalue weighted by molar-refractivity contribution is 0.880. The summed E-state index contributed by atoms with van der Waals surface area (Å²) in [5.74, 6) is 1.61. The summed E-state index contributed by atoms with van der Waals surface area (Å²) in [6, 6.07) is 11.7. The minimum absolute atomic E-state index is 0.126. The molecule has 1 aromatic carbocycles. The Morgan fingerprint density at radius 2 is 1.81 bits per heavy atom. The van der Waals surface area contributed by atoms with Crippen LogP contribution in [0.1, 0.15) is 35.1 Å². The number of aromatic nitrogens is 5. The topological polar surface area (TPSA) is 126 Å². The summed E-state index contributed by atoms with van der Waals surface area (Å²) in [7, 11) is 0. The van der Waals surface area contributed by atoms with Crippen LogP contribution in [0, 0.1) is 25.2 Å². The molecule has 2 aromatic heterocycles. The number of para-hydroxylation sites is 1. The average molecular weight is 378 g/mol. The minimum Gasteiger partial charge on any atom is -0.368 e. The van der Waals surface area contributed by atoms with E-state index in [0.717, 1.165) is 5.69 Å². The summed E-state index contributed by atoms with van der Waals surface area (Å²) in [5.41, 5.74) is 7.82. The number of thioether (sulfide) groups is 1. The van der Waals surface area contributed by atoms with Gasteiger partial charge in [-0.15, -0.1) is 0 Å². The van der Waals surface area contributed by atoms with Crippen molar-refractivity contribution in [1.29, 1.82) is 5.26 Å². The summed E-state index contributed by atoms with van der Waals surface area (Å²) in [4.78, 5) is 21.5. The van der Waals surface area contributed by atoms with Crippen molar-refractivity contribution in [2.24, 2.45) is 0 Å². The number of nitrogens with zero attached hydrogens (tertiary/aromatic N) is 6. The molecule has 0 bridgehead atoms. The smallest absolute Gasteiger partial charge is 0.232 e. The number of nitrogens with one attached hydrogen (secondary N) is 1. The van der Waals surface area contributed by atoms with Crippen molar-refractivity contribution < 1.29 is 0 Å². The van der Waals surface area contributed by atoms with Gasteiger partial charge in [-0.1, -0.05) is 30.0 Å². The molecule has 9 heteroatoms. The highest BCUT2D eigenvalue weighted by molar-refractivity contribution is 7.99. The third-order valence-electron chi connectivity index (χ3n) is 3.63. The van der Waals surface area contributed by atoms with E-state index in [9.17, 15) is 5.26 Å². The molecular formula is C18H18N8S. The number of nitrogen functional groups attached to an aromatic ring is 1. The second-order valence-electron chi connectivity index (χ2n) is 5.77. The summed E-state index contributed by atoms with van der Waals surface area (Å²) in [6.07, 6.45) is 0. The van der Waals surface area contributed by atoms with Gasteiger partial charge >= 0.3 is 0 Å². The molecule has 0 fully saturated rings. The monoisotopic (exact) mass is 378 g/mol. The highest BCUT2D eigenvalue weighted by Crippen LogP contribution is 2.35. The first-order chi connectivity index (χ1) is 13.0. The van der Waals surface area contributed by atoms with E-state index in [1.807, 2.05) is 37.3 Å². The maximum atomic E-state index is 9.41. The Morgan fingerprint density at radius 1 is 1.07 bits per heavy atom. The molecule has 0 amide bonds. The fourth-order valence-electron chi connectivity index (χ4n) is 2.41. The SMILES string of the molecule is Cc1nc(C)c(C#N)c(SC(C)c2nc(N)nc(Nc3ccccc3)n2)n1. The van der Waals surface area contributed by atoms with Crippen LogP contribution in [0.5, 0.6) is 0 Å². The number of rotatable bonds is 5. The number of nitriles is 1. The molecule has 0 saturated carbocycles. The van der Waals surface area contributed by atoms with E-state index in [4.69, 9.17) is 5.73 Å². The molecule has 3 N–H and O–H groups in total. The molecule has 3 aromatic rings. The van der Waals surface area contributed by atoms with E-state index in [1.54, 1.807) is 13.8 Å². The number of benzene rings is 1. The molecule has 0 aliphatic heterocycles. The first-order valence-electron chi connectivity index (χ1n) is 8.21. The zero-order valence-corrected chi connectivity index (χ0v) is 15.9. The molecule has 0 radical (unpaired) electrons. The van der Waals surface area contributed by atoms with Crippen molar-refractivity contribution in [1.82, 2.24) is 24.9 Å². The number of hydrogen-bond donors (Lipinski definition) is 2. The van der Waals surface area contributed by atoms with Gasteiger partial charge in [-0.05, 0) is 32.9 Å². The number of hydrogen-bond acceptors (Lipinski definition) is 9. The molecule has 3 rings (SSSR count). The molecule has 27 heavy (non-hydrogen) atoms. The Bertz CT molecular complexity index is 1000. The van der Waals surface area contributed by atoms with Crippen LogP contribution in [0.2, 0.25) is 0 Å². The van der Waals surface area contributed by atoms with Crippen LogP contribution in [-0.2, 0) is 0 Å². The lowest BCUT2D eigenvalue weighted by Crippen LogP contribution is -2.09. The van der Waals surface area contributed by atoms with Gasteiger partial charge in [0.2, 0.25) is 11.9 Å². The largest absolute Gasteiger partial charge is 0.368 e. The van der Waals surface area contributed by atoms with Gasteiger partial charge < -0.3 is 11.1 Å². The number of aryl methyl sites for hydroxylation is 2. The standard InChI is InChI=1S/C18H18N8S/c1-10-14(9-19)16(22-12(3)21-10)27-11(2)15-24-17(20)26-18(25-15)23-13-7-5-4-6-8-13/h4-8,11H,1-3H3,(H3,20,23,24,25,26). The van der Waals surface area contributed by atoms with Crippen LogP contribution < -0.4 is 11.1 Å². The lowest BCUT2D eigenvalue weighted by atomic mass is 10.3. The Morgan fingerprint density at radius 3 is 2.52 bits per heavy atom. The molecule has 0 aliphatic carbocycles. The Kier molecular flexibility index (Phi) is 5.47. The minimum atomic E-state index is -0.188.